The summed E-state index contributed by atoms with van der Waals surface area (Å²) in [7, 11) is 0. The molecule has 0 heterocycles. The topological polar surface area (TPSA) is 116 Å². The zero-order valence-corrected chi connectivity index (χ0v) is 13.5. The number of carboxylic acid groups (broad SMARTS) is 1. The number of hydrogen-bond donors (Lipinski definition) is 4. The molecule has 7 heteroatoms. The minimum absolute atomic E-state index is 0.107. The van der Waals surface area contributed by atoms with Gasteiger partial charge in [0.25, 0.3) is 0 Å². The Bertz CT molecular complexity index is 620. The molecular weight excluding hydrogens is 312 g/mol. The fourth-order valence-electron chi connectivity index (χ4n) is 3.02. The molecule has 7 nitrogen and oxygen atoms in total. The zero-order chi connectivity index (χ0) is 17.7. The Labute approximate surface area is 140 Å². The molecule has 2 amide bonds. The highest BCUT2D eigenvalue weighted by Gasteiger charge is 2.43. The van der Waals surface area contributed by atoms with E-state index in [1.807, 2.05) is 0 Å². The first-order chi connectivity index (χ1) is 11.3. The fraction of sp³-hybridized carbons (Fsp3) is 0.471. The molecule has 0 saturated heterocycles. The number of carbonyl (C=O) groups is 3. The molecule has 0 spiro atoms. The van der Waals surface area contributed by atoms with Crippen molar-refractivity contribution >= 4 is 17.8 Å². The van der Waals surface area contributed by atoms with Gasteiger partial charge in [-0.25, -0.2) is 4.79 Å². The van der Waals surface area contributed by atoms with Crippen molar-refractivity contribution in [3.63, 3.8) is 0 Å². The van der Waals surface area contributed by atoms with E-state index in [-0.39, 0.29) is 18.1 Å². The molecule has 0 unspecified atom stereocenters. The lowest BCUT2D eigenvalue weighted by Gasteiger charge is -2.28. The maximum Gasteiger partial charge on any atom is 0.329 e. The summed E-state index contributed by atoms with van der Waals surface area (Å²) in [5, 5.41) is 24.0. The van der Waals surface area contributed by atoms with Crippen LogP contribution < -0.4 is 10.6 Å². The largest absolute Gasteiger partial charge is 0.508 e. The number of carbonyl (C=O) groups excluding carboxylic acids is 2. The average molecular weight is 334 g/mol. The van der Waals surface area contributed by atoms with Gasteiger partial charge < -0.3 is 20.8 Å². The minimum Gasteiger partial charge on any atom is -0.508 e. The van der Waals surface area contributed by atoms with Crippen LogP contribution in [0.2, 0.25) is 0 Å². The van der Waals surface area contributed by atoms with Gasteiger partial charge in [-0.05, 0) is 30.5 Å². The molecule has 1 fully saturated rings. The van der Waals surface area contributed by atoms with Gasteiger partial charge in [-0.3, -0.25) is 9.59 Å². The average Bonchev–Trinajstić information content (AvgIpc) is 2.98. The highest BCUT2D eigenvalue weighted by Crippen LogP contribution is 2.30. The monoisotopic (exact) mass is 334 g/mol. The van der Waals surface area contributed by atoms with Gasteiger partial charge in [-0.1, -0.05) is 25.0 Å². The number of hydrogen-bond acceptors (Lipinski definition) is 4. The number of phenols is 1. The molecule has 2 rings (SSSR count). The number of carboxylic acids is 1. The van der Waals surface area contributed by atoms with Gasteiger partial charge in [0.15, 0.2) is 0 Å². The molecule has 1 saturated carbocycles. The van der Waals surface area contributed by atoms with Crippen molar-refractivity contribution in [3.05, 3.63) is 29.8 Å². The molecule has 1 aliphatic carbocycles. The molecule has 0 aliphatic heterocycles. The highest BCUT2D eigenvalue weighted by molar-refractivity contribution is 5.92. The van der Waals surface area contributed by atoms with Gasteiger partial charge in [0.2, 0.25) is 11.8 Å². The van der Waals surface area contributed by atoms with E-state index >= 15 is 0 Å². The SMILES string of the molecule is CC(=O)N[C@@H](Cc1ccc(O)cc1)C(=O)NC1(C(=O)O)CCCC1. The summed E-state index contributed by atoms with van der Waals surface area (Å²) in [5.74, 6) is -1.82. The highest BCUT2D eigenvalue weighted by atomic mass is 16.4. The van der Waals surface area contributed by atoms with Crippen molar-refractivity contribution in [2.45, 2.75) is 50.6 Å². The van der Waals surface area contributed by atoms with Gasteiger partial charge in [0.1, 0.15) is 17.3 Å². The van der Waals surface area contributed by atoms with E-state index in [0.29, 0.717) is 12.8 Å². The Morgan fingerprint density at radius 3 is 2.25 bits per heavy atom. The number of benzene rings is 1. The Morgan fingerprint density at radius 1 is 1.17 bits per heavy atom. The van der Waals surface area contributed by atoms with Crippen LogP contribution in [-0.4, -0.2) is 39.6 Å². The van der Waals surface area contributed by atoms with Crippen LogP contribution in [0.1, 0.15) is 38.2 Å². The summed E-state index contributed by atoms with van der Waals surface area (Å²) in [4.78, 5) is 35.6. The van der Waals surface area contributed by atoms with Crippen LogP contribution in [0.5, 0.6) is 5.75 Å². The van der Waals surface area contributed by atoms with Crippen molar-refractivity contribution in [3.8, 4) is 5.75 Å². The van der Waals surface area contributed by atoms with E-state index in [0.717, 1.165) is 18.4 Å². The van der Waals surface area contributed by atoms with E-state index in [1.165, 1.54) is 19.1 Å². The second kappa shape index (κ2) is 7.33. The van der Waals surface area contributed by atoms with Crippen LogP contribution in [0.4, 0.5) is 0 Å². The predicted octanol–water partition coefficient (Wildman–Crippen LogP) is 0.953. The van der Waals surface area contributed by atoms with Crippen molar-refractivity contribution < 1.29 is 24.6 Å². The lowest BCUT2D eigenvalue weighted by atomic mass is 9.96. The normalized spacial score (nSPS) is 17.0. The van der Waals surface area contributed by atoms with Gasteiger partial charge in [0.05, 0.1) is 0 Å². The molecule has 0 radical (unpaired) electrons. The maximum absolute atomic E-state index is 12.6. The van der Waals surface area contributed by atoms with Gasteiger partial charge in [-0.15, -0.1) is 0 Å². The third-order valence-corrected chi connectivity index (χ3v) is 4.30. The van der Waals surface area contributed by atoms with E-state index in [4.69, 9.17) is 0 Å². The summed E-state index contributed by atoms with van der Waals surface area (Å²) in [6.07, 6.45) is 2.48. The Morgan fingerprint density at radius 2 is 1.75 bits per heavy atom. The summed E-state index contributed by atoms with van der Waals surface area (Å²) in [6, 6.07) is 5.42. The number of nitrogens with one attached hydrogen (secondary N) is 2. The molecule has 1 atom stereocenters. The van der Waals surface area contributed by atoms with E-state index < -0.39 is 23.5 Å². The minimum atomic E-state index is -1.25. The second-order valence-corrected chi connectivity index (χ2v) is 6.21. The number of amides is 2. The quantitative estimate of drug-likeness (QED) is 0.618. The summed E-state index contributed by atoms with van der Waals surface area (Å²) in [5.41, 5.74) is -0.500. The molecule has 24 heavy (non-hydrogen) atoms. The molecule has 4 N–H and O–H groups in total. The van der Waals surface area contributed by atoms with Crippen molar-refractivity contribution in [1.29, 1.82) is 0 Å². The number of aromatic hydroxyl groups is 1. The predicted molar refractivity (Wildman–Crippen MR) is 86.4 cm³/mol. The van der Waals surface area contributed by atoms with Crippen LogP contribution in [0, 0.1) is 0 Å². The first-order valence-electron chi connectivity index (χ1n) is 7.93. The van der Waals surface area contributed by atoms with Crippen LogP contribution in [0.25, 0.3) is 0 Å². The third-order valence-electron chi connectivity index (χ3n) is 4.30. The zero-order valence-electron chi connectivity index (χ0n) is 13.5. The number of phenolic OH excluding ortho intramolecular Hbond substituents is 1. The molecule has 0 aromatic heterocycles. The summed E-state index contributed by atoms with van der Waals surface area (Å²) >= 11 is 0. The standard InChI is InChI=1S/C17H22N2O5/c1-11(20)18-14(10-12-4-6-13(21)7-5-12)15(22)19-17(16(23)24)8-2-3-9-17/h4-7,14,21H,2-3,8-10H2,1H3,(H,18,20)(H,19,22)(H,23,24)/t14-/m0/s1. The Hall–Kier alpha value is -2.57. The van der Waals surface area contributed by atoms with Gasteiger partial charge >= 0.3 is 5.97 Å². The lowest BCUT2D eigenvalue weighted by molar-refractivity contribution is -0.147. The summed E-state index contributed by atoms with van der Waals surface area (Å²) < 4.78 is 0. The molecule has 1 aliphatic rings. The smallest absolute Gasteiger partial charge is 0.329 e. The lowest BCUT2D eigenvalue weighted by Crippen LogP contribution is -2.58. The van der Waals surface area contributed by atoms with Crippen molar-refractivity contribution in [2.24, 2.45) is 0 Å². The van der Waals surface area contributed by atoms with E-state index in [2.05, 4.69) is 10.6 Å². The Kier molecular flexibility index (Phi) is 5.43. The van der Waals surface area contributed by atoms with E-state index in [9.17, 15) is 24.6 Å². The second-order valence-electron chi connectivity index (χ2n) is 6.21. The van der Waals surface area contributed by atoms with E-state index in [1.54, 1.807) is 12.1 Å². The summed E-state index contributed by atoms with van der Waals surface area (Å²) in [6.45, 7) is 1.31. The Balaban J connectivity index is 2.14. The molecule has 1 aromatic rings. The molecule has 0 bridgehead atoms. The van der Waals surface area contributed by atoms with Crippen LogP contribution in [0.15, 0.2) is 24.3 Å². The maximum atomic E-state index is 12.6. The number of rotatable bonds is 6. The van der Waals surface area contributed by atoms with Crippen molar-refractivity contribution in [1.82, 2.24) is 10.6 Å². The van der Waals surface area contributed by atoms with Crippen LogP contribution >= 0.6 is 0 Å². The molecular formula is C17H22N2O5. The molecule has 130 valence electrons. The third kappa shape index (κ3) is 4.24. The van der Waals surface area contributed by atoms with Crippen LogP contribution in [0.3, 0.4) is 0 Å². The molecule has 1 aromatic carbocycles. The number of aliphatic carboxylic acids is 1. The first kappa shape index (κ1) is 17.8. The van der Waals surface area contributed by atoms with Crippen molar-refractivity contribution in [2.75, 3.05) is 0 Å². The first-order valence-corrected chi connectivity index (χ1v) is 7.93. The van der Waals surface area contributed by atoms with Crippen LogP contribution in [-0.2, 0) is 20.8 Å². The fourth-order valence-corrected chi connectivity index (χ4v) is 3.02. The van der Waals surface area contributed by atoms with Gasteiger partial charge in [0, 0.05) is 13.3 Å². The van der Waals surface area contributed by atoms with Gasteiger partial charge in [-0.2, -0.15) is 0 Å².